The molecule has 1 N–H and O–H groups in total. The molecule has 0 aliphatic rings. The molecule has 5 heteroatoms. The highest BCUT2D eigenvalue weighted by Gasteiger charge is 2.09. The molecule has 0 fully saturated rings. The van der Waals surface area contributed by atoms with Crippen LogP contribution in [0.15, 0.2) is 25.3 Å². The van der Waals surface area contributed by atoms with Gasteiger partial charge in [-0.1, -0.05) is 13.2 Å². The summed E-state index contributed by atoms with van der Waals surface area (Å²) in [5, 5.41) is 9.05. The Kier molecular flexibility index (Phi) is 8.68. The minimum atomic E-state index is -0.486. The summed E-state index contributed by atoms with van der Waals surface area (Å²) in [6.07, 6.45) is 3.20. The maximum Gasteiger partial charge on any atom is 0.330 e. The molecular formula is C12H18O5. The summed E-state index contributed by atoms with van der Waals surface area (Å²) < 4.78 is 9.56. The van der Waals surface area contributed by atoms with Crippen molar-refractivity contribution in [3.05, 3.63) is 25.3 Å². The molecule has 0 radical (unpaired) electrons. The van der Waals surface area contributed by atoms with Gasteiger partial charge in [0, 0.05) is 18.8 Å². The molecule has 0 saturated heterocycles. The van der Waals surface area contributed by atoms with Crippen LogP contribution < -0.4 is 0 Å². The number of ether oxygens (including phenoxy) is 2. The predicted molar refractivity (Wildman–Crippen MR) is 62.1 cm³/mol. The molecule has 0 amide bonds. The van der Waals surface area contributed by atoms with Crippen LogP contribution >= 0.6 is 0 Å². The maximum atomic E-state index is 10.7. The van der Waals surface area contributed by atoms with Gasteiger partial charge in [0.25, 0.3) is 0 Å². The Bertz CT molecular complexity index is 246. The number of aliphatic hydroxyl groups is 1. The van der Waals surface area contributed by atoms with Crippen LogP contribution in [0, 0.1) is 5.92 Å². The average molecular weight is 242 g/mol. The number of esters is 2. The second-order valence-corrected chi connectivity index (χ2v) is 3.37. The third-order valence-electron chi connectivity index (χ3n) is 2.13. The SMILES string of the molecule is C=CC(=O)OCCC(CO)CCOC(=O)C=C. The first kappa shape index (κ1) is 15.4. The zero-order valence-electron chi connectivity index (χ0n) is 9.76. The molecule has 0 spiro atoms. The minimum absolute atomic E-state index is 0.0444. The normalized spacial score (nSPS) is 9.76. The number of aliphatic hydroxyl groups excluding tert-OH is 1. The molecule has 96 valence electrons. The van der Waals surface area contributed by atoms with Crippen molar-refractivity contribution in [2.24, 2.45) is 5.92 Å². The second kappa shape index (κ2) is 9.59. The van der Waals surface area contributed by atoms with E-state index >= 15 is 0 Å². The van der Waals surface area contributed by atoms with Crippen molar-refractivity contribution in [1.82, 2.24) is 0 Å². The van der Waals surface area contributed by atoms with Gasteiger partial charge in [0.1, 0.15) is 0 Å². The summed E-state index contributed by atoms with van der Waals surface area (Å²) in [6, 6.07) is 0. The van der Waals surface area contributed by atoms with Gasteiger partial charge in [-0.15, -0.1) is 0 Å². The first-order valence-electron chi connectivity index (χ1n) is 5.33. The Labute approximate surface area is 101 Å². The Morgan fingerprint density at radius 2 is 1.47 bits per heavy atom. The van der Waals surface area contributed by atoms with Gasteiger partial charge >= 0.3 is 11.9 Å². The van der Waals surface area contributed by atoms with Gasteiger partial charge in [0.05, 0.1) is 13.2 Å². The molecular weight excluding hydrogens is 224 g/mol. The van der Waals surface area contributed by atoms with E-state index in [1.165, 1.54) is 0 Å². The summed E-state index contributed by atoms with van der Waals surface area (Å²) >= 11 is 0. The van der Waals surface area contributed by atoms with Crippen LogP contribution in [0.5, 0.6) is 0 Å². The Balaban J connectivity index is 3.69. The molecule has 0 aromatic rings. The van der Waals surface area contributed by atoms with E-state index in [2.05, 4.69) is 13.2 Å². The summed E-state index contributed by atoms with van der Waals surface area (Å²) in [7, 11) is 0. The van der Waals surface area contributed by atoms with Crippen molar-refractivity contribution in [1.29, 1.82) is 0 Å². The highest BCUT2D eigenvalue weighted by Crippen LogP contribution is 2.08. The Hall–Kier alpha value is -1.62. The number of hydrogen-bond donors (Lipinski definition) is 1. The van der Waals surface area contributed by atoms with Gasteiger partial charge < -0.3 is 14.6 Å². The quantitative estimate of drug-likeness (QED) is 0.479. The van der Waals surface area contributed by atoms with Gasteiger partial charge in [0.15, 0.2) is 0 Å². The molecule has 0 bridgehead atoms. The summed E-state index contributed by atoms with van der Waals surface area (Å²) in [6.45, 7) is 6.92. The van der Waals surface area contributed by atoms with Gasteiger partial charge in [-0.3, -0.25) is 0 Å². The fourth-order valence-corrected chi connectivity index (χ4v) is 1.10. The van der Waals surface area contributed by atoms with Crippen LogP contribution in [0.4, 0.5) is 0 Å². The molecule has 17 heavy (non-hydrogen) atoms. The van der Waals surface area contributed by atoms with Crippen LogP contribution in [0.2, 0.25) is 0 Å². The third kappa shape index (κ3) is 8.21. The van der Waals surface area contributed by atoms with Gasteiger partial charge in [-0.2, -0.15) is 0 Å². The van der Waals surface area contributed by atoms with Crippen molar-refractivity contribution >= 4 is 11.9 Å². The topological polar surface area (TPSA) is 72.8 Å². The van der Waals surface area contributed by atoms with E-state index in [-0.39, 0.29) is 25.7 Å². The molecule has 0 rings (SSSR count). The average Bonchev–Trinajstić information content (AvgIpc) is 2.36. The zero-order chi connectivity index (χ0) is 13.1. The first-order chi connectivity index (χ1) is 8.13. The third-order valence-corrected chi connectivity index (χ3v) is 2.13. The van der Waals surface area contributed by atoms with E-state index in [9.17, 15) is 9.59 Å². The fourth-order valence-electron chi connectivity index (χ4n) is 1.10. The number of hydrogen-bond acceptors (Lipinski definition) is 5. The first-order valence-corrected chi connectivity index (χ1v) is 5.33. The highest BCUT2D eigenvalue weighted by atomic mass is 16.5. The standard InChI is InChI=1S/C12H18O5/c1-3-11(14)16-7-5-10(9-13)6-8-17-12(15)4-2/h3-4,10,13H,1-2,5-9H2. The van der Waals surface area contributed by atoms with Crippen LogP contribution in [-0.4, -0.2) is 36.9 Å². The Morgan fingerprint density at radius 1 is 1.06 bits per heavy atom. The summed E-state index contributed by atoms with van der Waals surface area (Å²) in [4.78, 5) is 21.5. The van der Waals surface area contributed by atoms with Gasteiger partial charge in [-0.05, 0) is 18.8 Å². The lowest BCUT2D eigenvalue weighted by Gasteiger charge is -2.13. The molecule has 0 unspecified atom stereocenters. The molecule has 5 nitrogen and oxygen atoms in total. The number of carbonyl (C=O) groups is 2. The molecule has 0 aromatic heterocycles. The van der Waals surface area contributed by atoms with Crippen molar-refractivity contribution in [2.75, 3.05) is 19.8 Å². The van der Waals surface area contributed by atoms with E-state index in [1.54, 1.807) is 0 Å². The summed E-state index contributed by atoms with van der Waals surface area (Å²) in [5.74, 6) is -1.04. The molecule has 0 aliphatic carbocycles. The fraction of sp³-hybridized carbons (Fsp3) is 0.500. The highest BCUT2D eigenvalue weighted by molar-refractivity contribution is 5.81. The lowest BCUT2D eigenvalue weighted by molar-refractivity contribution is -0.138. The lowest BCUT2D eigenvalue weighted by atomic mass is 10.0. The van der Waals surface area contributed by atoms with E-state index in [0.29, 0.717) is 12.8 Å². The number of carbonyl (C=O) groups excluding carboxylic acids is 2. The van der Waals surface area contributed by atoms with Crippen LogP contribution in [0.25, 0.3) is 0 Å². The van der Waals surface area contributed by atoms with Crippen LogP contribution in [-0.2, 0) is 19.1 Å². The van der Waals surface area contributed by atoms with E-state index in [1.807, 2.05) is 0 Å². The molecule has 0 aliphatic heterocycles. The molecule has 0 aromatic carbocycles. The van der Waals surface area contributed by atoms with E-state index in [0.717, 1.165) is 12.2 Å². The lowest BCUT2D eigenvalue weighted by Crippen LogP contribution is -2.15. The zero-order valence-corrected chi connectivity index (χ0v) is 9.76. The van der Waals surface area contributed by atoms with Crippen molar-refractivity contribution < 1.29 is 24.2 Å². The number of rotatable bonds is 9. The predicted octanol–water partition coefficient (Wildman–Crippen LogP) is 0.833. The molecule has 0 saturated carbocycles. The van der Waals surface area contributed by atoms with Crippen molar-refractivity contribution in [3.8, 4) is 0 Å². The van der Waals surface area contributed by atoms with Crippen molar-refractivity contribution in [2.45, 2.75) is 12.8 Å². The Morgan fingerprint density at radius 3 is 1.76 bits per heavy atom. The van der Waals surface area contributed by atoms with Gasteiger partial charge in [-0.25, -0.2) is 9.59 Å². The molecule has 0 atom stereocenters. The minimum Gasteiger partial charge on any atom is -0.463 e. The second-order valence-electron chi connectivity index (χ2n) is 3.37. The maximum absolute atomic E-state index is 10.7. The van der Waals surface area contributed by atoms with E-state index < -0.39 is 11.9 Å². The van der Waals surface area contributed by atoms with Crippen LogP contribution in [0.3, 0.4) is 0 Å². The largest absolute Gasteiger partial charge is 0.463 e. The van der Waals surface area contributed by atoms with Gasteiger partial charge in [0.2, 0.25) is 0 Å². The molecule has 0 heterocycles. The smallest absolute Gasteiger partial charge is 0.330 e. The van der Waals surface area contributed by atoms with E-state index in [4.69, 9.17) is 14.6 Å². The van der Waals surface area contributed by atoms with Crippen LogP contribution in [0.1, 0.15) is 12.8 Å². The van der Waals surface area contributed by atoms with Crippen molar-refractivity contribution in [3.63, 3.8) is 0 Å². The summed E-state index contributed by atoms with van der Waals surface area (Å²) in [5.41, 5.74) is 0. The monoisotopic (exact) mass is 242 g/mol.